The van der Waals surface area contributed by atoms with Crippen LogP contribution in [-0.2, 0) is 6.54 Å². The van der Waals surface area contributed by atoms with Crippen LogP contribution in [0.25, 0.3) is 22.6 Å². The number of nitrogens with zero attached hydrogens (tertiary/aromatic N) is 3. The average Bonchev–Trinajstić information content (AvgIpc) is 2.81. The van der Waals surface area contributed by atoms with Gasteiger partial charge in [-0.3, -0.25) is 0 Å². The van der Waals surface area contributed by atoms with E-state index >= 15 is 0 Å². The largest absolute Gasteiger partial charge is 0.399 e. The molecule has 0 amide bonds. The number of nitrogens with two attached hydrogens (primary N) is 1. The molecule has 0 aliphatic rings. The normalized spacial score (nSPS) is 11.1. The van der Waals surface area contributed by atoms with Gasteiger partial charge in [-0.1, -0.05) is 6.92 Å². The molecule has 4 nitrogen and oxygen atoms in total. The molecule has 2 heterocycles. The number of aromatic nitrogens is 3. The number of imidazole rings is 1. The smallest absolute Gasteiger partial charge is 0.160 e. The number of halogens is 1. The molecule has 0 aliphatic carbocycles. The zero-order chi connectivity index (χ0) is 14.1. The third-order valence-electron chi connectivity index (χ3n) is 3.18. The number of fused-ring (bicyclic) bond motifs is 1. The van der Waals surface area contributed by atoms with Gasteiger partial charge in [-0.15, -0.1) is 0 Å². The maximum Gasteiger partial charge on any atom is 0.160 e. The molecule has 2 aromatic heterocycles. The highest BCUT2D eigenvalue weighted by Crippen LogP contribution is 2.27. The molecule has 0 spiro atoms. The van der Waals surface area contributed by atoms with Gasteiger partial charge in [0.05, 0.1) is 5.56 Å². The van der Waals surface area contributed by atoms with Gasteiger partial charge in [-0.25, -0.2) is 14.4 Å². The Balaban J connectivity index is 2.29. The number of hydrogen-bond acceptors (Lipinski definition) is 3. The van der Waals surface area contributed by atoms with E-state index in [2.05, 4.69) is 16.9 Å². The van der Waals surface area contributed by atoms with Crippen LogP contribution in [0.4, 0.5) is 10.1 Å². The Hall–Kier alpha value is -2.43. The number of benzene rings is 1. The molecule has 102 valence electrons. The first kappa shape index (κ1) is 12.6. The van der Waals surface area contributed by atoms with Crippen LogP contribution >= 0.6 is 0 Å². The van der Waals surface area contributed by atoms with E-state index in [0.29, 0.717) is 17.1 Å². The van der Waals surface area contributed by atoms with E-state index in [1.807, 2.05) is 16.7 Å². The van der Waals surface area contributed by atoms with Crippen molar-refractivity contribution in [1.29, 1.82) is 0 Å². The Morgan fingerprint density at radius 2 is 2.15 bits per heavy atom. The highest BCUT2D eigenvalue weighted by Gasteiger charge is 2.16. The van der Waals surface area contributed by atoms with Gasteiger partial charge in [0, 0.05) is 18.4 Å². The van der Waals surface area contributed by atoms with Gasteiger partial charge < -0.3 is 10.3 Å². The van der Waals surface area contributed by atoms with Crippen molar-refractivity contribution in [3.05, 3.63) is 42.3 Å². The molecule has 0 aliphatic heterocycles. The standard InChI is InChI=1S/C15H15FN4/c1-2-8-20-14(11-9-10(17)5-6-12(11)16)19-13-4-3-7-18-15(13)20/h3-7,9H,2,8,17H2,1H3. The summed E-state index contributed by atoms with van der Waals surface area (Å²) < 4.78 is 16.0. The number of hydrogen-bond donors (Lipinski definition) is 1. The molecule has 0 unspecified atom stereocenters. The summed E-state index contributed by atoms with van der Waals surface area (Å²) in [5, 5.41) is 0. The van der Waals surface area contributed by atoms with Crippen LogP contribution in [0, 0.1) is 5.82 Å². The monoisotopic (exact) mass is 270 g/mol. The van der Waals surface area contributed by atoms with Crippen molar-refractivity contribution in [2.24, 2.45) is 0 Å². The summed E-state index contributed by atoms with van der Waals surface area (Å²) in [6.07, 6.45) is 2.63. The SMILES string of the molecule is CCCn1c(-c2cc(N)ccc2F)nc2cccnc21. The van der Waals surface area contributed by atoms with Crippen molar-refractivity contribution in [2.45, 2.75) is 19.9 Å². The van der Waals surface area contributed by atoms with Gasteiger partial charge in [0.2, 0.25) is 0 Å². The van der Waals surface area contributed by atoms with E-state index in [-0.39, 0.29) is 5.82 Å². The highest BCUT2D eigenvalue weighted by atomic mass is 19.1. The van der Waals surface area contributed by atoms with Crippen LogP contribution in [0.1, 0.15) is 13.3 Å². The fraction of sp³-hybridized carbons (Fsp3) is 0.200. The zero-order valence-corrected chi connectivity index (χ0v) is 11.2. The number of aryl methyl sites for hydroxylation is 1. The molecule has 5 heteroatoms. The first-order valence-corrected chi connectivity index (χ1v) is 6.57. The maximum absolute atomic E-state index is 14.1. The minimum Gasteiger partial charge on any atom is -0.399 e. The van der Waals surface area contributed by atoms with Gasteiger partial charge in [0.25, 0.3) is 0 Å². The number of rotatable bonds is 3. The van der Waals surface area contributed by atoms with E-state index in [0.717, 1.165) is 24.1 Å². The molecule has 2 N–H and O–H groups in total. The van der Waals surface area contributed by atoms with E-state index in [9.17, 15) is 4.39 Å². The summed E-state index contributed by atoms with van der Waals surface area (Å²) in [5.74, 6) is 0.247. The van der Waals surface area contributed by atoms with Crippen LogP contribution in [0.2, 0.25) is 0 Å². The van der Waals surface area contributed by atoms with Crippen LogP contribution in [0.15, 0.2) is 36.5 Å². The minimum atomic E-state index is -0.327. The van der Waals surface area contributed by atoms with Crippen molar-refractivity contribution in [3.8, 4) is 11.4 Å². The van der Waals surface area contributed by atoms with Crippen molar-refractivity contribution < 1.29 is 4.39 Å². The Kier molecular flexibility index (Phi) is 3.10. The molecule has 0 fully saturated rings. The molecule has 0 saturated heterocycles. The van der Waals surface area contributed by atoms with E-state index in [4.69, 9.17) is 5.73 Å². The quantitative estimate of drug-likeness (QED) is 0.743. The Morgan fingerprint density at radius 1 is 1.30 bits per heavy atom. The molecule has 0 atom stereocenters. The average molecular weight is 270 g/mol. The topological polar surface area (TPSA) is 56.7 Å². The van der Waals surface area contributed by atoms with E-state index < -0.39 is 0 Å². The van der Waals surface area contributed by atoms with E-state index in [1.54, 1.807) is 18.3 Å². The zero-order valence-electron chi connectivity index (χ0n) is 11.2. The fourth-order valence-corrected chi connectivity index (χ4v) is 2.31. The second-order valence-corrected chi connectivity index (χ2v) is 4.67. The molecule has 0 bridgehead atoms. The molecular formula is C15H15FN4. The molecule has 3 aromatic rings. The maximum atomic E-state index is 14.1. The fourth-order valence-electron chi connectivity index (χ4n) is 2.31. The van der Waals surface area contributed by atoms with Crippen molar-refractivity contribution >= 4 is 16.9 Å². The highest BCUT2D eigenvalue weighted by molar-refractivity contribution is 5.77. The van der Waals surface area contributed by atoms with Crippen LogP contribution < -0.4 is 5.73 Å². The van der Waals surface area contributed by atoms with Gasteiger partial charge in [-0.2, -0.15) is 0 Å². The minimum absolute atomic E-state index is 0.327. The molecule has 0 saturated carbocycles. The Morgan fingerprint density at radius 3 is 2.95 bits per heavy atom. The van der Waals surface area contributed by atoms with Crippen molar-refractivity contribution in [2.75, 3.05) is 5.73 Å². The number of nitrogen functional groups attached to an aromatic ring is 1. The Labute approximate surface area is 116 Å². The Bertz CT molecular complexity index is 764. The van der Waals surface area contributed by atoms with Gasteiger partial charge in [0.1, 0.15) is 17.2 Å². The second kappa shape index (κ2) is 4.92. The predicted octanol–water partition coefficient (Wildman–Crippen LogP) is 3.23. The third-order valence-corrected chi connectivity index (χ3v) is 3.18. The third kappa shape index (κ3) is 2.01. The van der Waals surface area contributed by atoms with Gasteiger partial charge >= 0.3 is 0 Å². The lowest BCUT2D eigenvalue weighted by atomic mass is 10.1. The van der Waals surface area contributed by atoms with Gasteiger partial charge in [-0.05, 0) is 36.8 Å². The van der Waals surface area contributed by atoms with Crippen LogP contribution in [0.3, 0.4) is 0 Å². The van der Waals surface area contributed by atoms with Crippen LogP contribution in [-0.4, -0.2) is 14.5 Å². The summed E-state index contributed by atoms with van der Waals surface area (Å²) in [5.41, 5.74) is 8.23. The summed E-state index contributed by atoms with van der Waals surface area (Å²) in [6, 6.07) is 8.23. The summed E-state index contributed by atoms with van der Waals surface area (Å²) >= 11 is 0. The molecule has 3 rings (SSSR count). The lowest BCUT2D eigenvalue weighted by Crippen LogP contribution is -2.02. The first-order chi connectivity index (χ1) is 9.70. The molecular weight excluding hydrogens is 255 g/mol. The number of anilines is 1. The predicted molar refractivity (Wildman–Crippen MR) is 77.6 cm³/mol. The van der Waals surface area contributed by atoms with Crippen molar-refractivity contribution in [1.82, 2.24) is 14.5 Å². The molecule has 20 heavy (non-hydrogen) atoms. The summed E-state index contributed by atoms with van der Waals surface area (Å²) in [4.78, 5) is 8.85. The molecule has 0 radical (unpaired) electrons. The second-order valence-electron chi connectivity index (χ2n) is 4.67. The lowest BCUT2D eigenvalue weighted by Gasteiger charge is -2.08. The van der Waals surface area contributed by atoms with Gasteiger partial charge in [0.15, 0.2) is 5.65 Å². The molecule has 1 aromatic carbocycles. The number of pyridine rings is 1. The summed E-state index contributed by atoms with van der Waals surface area (Å²) in [6.45, 7) is 2.80. The van der Waals surface area contributed by atoms with Crippen LogP contribution in [0.5, 0.6) is 0 Å². The first-order valence-electron chi connectivity index (χ1n) is 6.57. The van der Waals surface area contributed by atoms with Crippen molar-refractivity contribution in [3.63, 3.8) is 0 Å². The summed E-state index contributed by atoms with van der Waals surface area (Å²) in [7, 11) is 0. The van der Waals surface area contributed by atoms with E-state index in [1.165, 1.54) is 6.07 Å². The lowest BCUT2D eigenvalue weighted by molar-refractivity contribution is 0.625.